The molecule has 1 saturated heterocycles. The molecule has 0 aromatic heterocycles. The summed E-state index contributed by atoms with van der Waals surface area (Å²) >= 11 is 0. The molecule has 1 heterocycles. The highest BCUT2D eigenvalue weighted by molar-refractivity contribution is 5.70. The van der Waals surface area contributed by atoms with E-state index in [0.29, 0.717) is 12.8 Å². The summed E-state index contributed by atoms with van der Waals surface area (Å²) in [5, 5.41) is 40.0. The molecule has 55 heavy (non-hydrogen) atoms. The summed E-state index contributed by atoms with van der Waals surface area (Å²) < 4.78 is 22.1. The Balaban J connectivity index is 2.35. The Bertz CT molecular complexity index is 996. The van der Waals surface area contributed by atoms with Crippen LogP contribution in [0.3, 0.4) is 0 Å². The minimum Gasteiger partial charge on any atom is -0.462 e. The summed E-state index contributed by atoms with van der Waals surface area (Å²) in [4.78, 5) is 25.3. The summed E-state index contributed by atoms with van der Waals surface area (Å²) in [5.74, 6) is -0.825. The van der Waals surface area contributed by atoms with Gasteiger partial charge in [0.2, 0.25) is 0 Å². The molecule has 0 radical (unpaired) electrons. The number of carbonyl (C=O) groups is 2. The van der Waals surface area contributed by atoms with Crippen LogP contribution < -0.4 is 0 Å². The molecule has 1 aliphatic rings. The van der Waals surface area contributed by atoms with Crippen LogP contribution in [0.4, 0.5) is 0 Å². The molecule has 1 rings (SSSR count). The maximum absolute atomic E-state index is 12.8. The molecule has 320 valence electrons. The number of rotatable bonds is 36. The minimum absolute atomic E-state index is 0.219. The second kappa shape index (κ2) is 36.3. The first-order valence-corrected chi connectivity index (χ1v) is 22.1. The Morgan fingerprint density at radius 1 is 0.564 bits per heavy atom. The highest BCUT2D eigenvalue weighted by Crippen LogP contribution is 2.22. The van der Waals surface area contributed by atoms with Crippen LogP contribution in [0, 0.1) is 0 Å². The monoisotopic (exact) mass is 781 g/mol. The van der Waals surface area contributed by atoms with Gasteiger partial charge in [-0.3, -0.25) is 9.59 Å². The van der Waals surface area contributed by atoms with Crippen molar-refractivity contribution in [3.8, 4) is 0 Å². The van der Waals surface area contributed by atoms with Crippen molar-refractivity contribution in [1.82, 2.24) is 0 Å². The van der Waals surface area contributed by atoms with Crippen molar-refractivity contribution in [1.29, 1.82) is 0 Å². The van der Waals surface area contributed by atoms with Crippen molar-refractivity contribution in [2.24, 2.45) is 0 Å². The van der Waals surface area contributed by atoms with Crippen LogP contribution >= 0.6 is 0 Å². The van der Waals surface area contributed by atoms with E-state index < -0.39 is 49.4 Å². The maximum atomic E-state index is 12.8. The molecule has 10 nitrogen and oxygen atoms in total. The third kappa shape index (κ3) is 28.0. The summed E-state index contributed by atoms with van der Waals surface area (Å²) in [6.07, 6.45) is 32.9. The quantitative estimate of drug-likeness (QED) is 0.0275. The first-order valence-electron chi connectivity index (χ1n) is 22.1. The normalized spacial score (nSPS) is 20.9. The molecular formula is C45H80O10. The Labute approximate surface area is 334 Å². The van der Waals surface area contributed by atoms with Crippen molar-refractivity contribution in [2.45, 2.75) is 218 Å². The molecule has 4 N–H and O–H groups in total. The molecule has 10 heteroatoms. The molecule has 0 amide bonds. The van der Waals surface area contributed by atoms with E-state index in [9.17, 15) is 30.0 Å². The van der Waals surface area contributed by atoms with E-state index in [1.807, 2.05) is 0 Å². The van der Waals surface area contributed by atoms with Crippen LogP contribution in [0.1, 0.15) is 181 Å². The van der Waals surface area contributed by atoms with Crippen LogP contribution in [0.25, 0.3) is 0 Å². The van der Waals surface area contributed by atoms with Gasteiger partial charge in [-0.05, 0) is 70.6 Å². The molecule has 0 aliphatic carbocycles. The molecule has 0 aromatic carbocycles. The maximum Gasteiger partial charge on any atom is 0.306 e. The first-order chi connectivity index (χ1) is 26.8. The third-order valence-electron chi connectivity index (χ3n) is 10.00. The molecular weight excluding hydrogens is 700 g/mol. The number of hydrogen-bond donors (Lipinski definition) is 4. The fourth-order valence-electron chi connectivity index (χ4n) is 6.45. The number of hydrogen-bond acceptors (Lipinski definition) is 10. The second-order valence-electron chi connectivity index (χ2n) is 15.1. The second-order valence-corrected chi connectivity index (χ2v) is 15.1. The van der Waals surface area contributed by atoms with E-state index in [1.165, 1.54) is 77.0 Å². The number of aliphatic hydroxyl groups excluding tert-OH is 4. The van der Waals surface area contributed by atoms with Gasteiger partial charge in [0.25, 0.3) is 0 Å². The standard InChI is InChI=1S/C45H80O10/c1-3-5-7-9-11-13-15-17-18-19-20-22-24-26-28-30-32-34-41(48)54-38(37-53-45-44(51)43(50)42(49)39(35-46)55-45)36-52-40(47)33-31-29-27-25-23-21-16-14-12-10-8-6-4-2/h11,13-14,16-18,38-39,42-46,49-51H,3-10,12,15,19-37H2,1-2H3/b13-11+,16-14+,18-17+/t38-,39-,42+,43?,44?,45-/m1/s1. The molecule has 0 saturated carbocycles. The summed E-state index contributed by atoms with van der Waals surface area (Å²) in [5.41, 5.74) is 0. The van der Waals surface area contributed by atoms with Gasteiger partial charge in [0.1, 0.15) is 31.0 Å². The van der Waals surface area contributed by atoms with Gasteiger partial charge < -0.3 is 39.4 Å². The predicted octanol–water partition coefficient (Wildman–Crippen LogP) is 9.11. The number of unbranched alkanes of at least 4 members (excludes halogenated alkanes) is 19. The Morgan fingerprint density at radius 2 is 1.02 bits per heavy atom. The zero-order valence-corrected chi connectivity index (χ0v) is 34.7. The van der Waals surface area contributed by atoms with E-state index in [4.69, 9.17) is 18.9 Å². The van der Waals surface area contributed by atoms with Crippen molar-refractivity contribution < 1.29 is 49.0 Å². The van der Waals surface area contributed by atoms with Gasteiger partial charge >= 0.3 is 11.9 Å². The summed E-state index contributed by atoms with van der Waals surface area (Å²) in [6, 6.07) is 0. The van der Waals surface area contributed by atoms with Gasteiger partial charge in [0.15, 0.2) is 12.4 Å². The van der Waals surface area contributed by atoms with Gasteiger partial charge in [-0.2, -0.15) is 0 Å². The van der Waals surface area contributed by atoms with E-state index in [1.54, 1.807) is 0 Å². The molecule has 0 spiro atoms. The van der Waals surface area contributed by atoms with Crippen molar-refractivity contribution >= 4 is 11.9 Å². The van der Waals surface area contributed by atoms with Gasteiger partial charge in [0, 0.05) is 12.8 Å². The molecule has 1 aliphatic heterocycles. The van der Waals surface area contributed by atoms with Crippen molar-refractivity contribution in [3.05, 3.63) is 36.5 Å². The number of allylic oxidation sites excluding steroid dienone is 6. The van der Waals surface area contributed by atoms with Gasteiger partial charge in [-0.15, -0.1) is 0 Å². The predicted molar refractivity (Wildman–Crippen MR) is 219 cm³/mol. The topological polar surface area (TPSA) is 152 Å². The highest BCUT2D eigenvalue weighted by Gasteiger charge is 2.44. The zero-order valence-electron chi connectivity index (χ0n) is 34.7. The average Bonchev–Trinajstić information content (AvgIpc) is 3.18. The molecule has 0 aromatic rings. The Morgan fingerprint density at radius 3 is 1.56 bits per heavy atom. The average molecular weight is 781 g/mol. The van der Waals surface area contributed by atoms with Crippen molar-refractivity contribution in [2.75, 3.05) is 19.8 Å². The first kappa shape index (κ1) is 50.9. The van der Waals surface area contributed by atoms with Crippen LogP contribution in [0.5, 0.6) is 0 Å². The fourth-order valence-corrected chi connectivity index (χ4v) is 6.45. The van der Waals surface area contributed by atoms with Crippen LogP contribution in [0.15, 0.2) is 36.5 Å². The lowest BCUT2D eigenvalue weighted by atomic mass is 9.99. The van der Waals surface area contributed by atoms with Gasteiger partial charge in [0.05, 0.1) is 13.2 Å². The van der Waals surface area contributed by atoms with Crippen LogP contribution in [-0.4, -0.2) is 89.0 Å². The van der Waals surface area contributed by atoms with Crippen LogP contribution in [-0.2, 0) is 28.5 Å². The van der Waals surface area contributed by atoms with Crippen LogP contribution in [0.2, 0.25) is 0 Å². The SMILES string of the molecule is CCCCC/C=C/C/C=C/CCCCCCCCCC(=O)O[C@H](COC(=O)CCCCCCC/C=C/CCCCCC)CO[C@@H]1O[C@H](CO)[C@H](O)C(O)C1O. The van der Waals surface area contributed by atoms with E-state index in [2.05, 4.69) is 50.3 Å². The summed E-state index contributed by atoms with van der Waals surface area (Å²) in [6.45, 7) is 3.36. The van der Waals surface area contributed by atoms with E-state index in [0.717, 1.165) is 64.2 Å². The molecule has 2 unspecified atom stereocenters. The third-order valence-corrected chi connectivity index (χ3v) is 10.00. The lowest BCUT2D eigenvalue weighted by Gasteiger charge is -2.39. The number of aliphatic hydroxyl groups is 4. The lowest BCUT2D eigenvalue weighted by Crippen LogP contribution is -2.59. The molecule has 0 bridgehead atoms. The van der Waals surface area contributed by atoms with Gasteiger partial charge in [-0.25, -0.2) is 0 Å². The Kier molecular flexibility index (Phi) is 33.6. The number of carbonyl (C=O) groups excluding carboxylic acids is 2. The van der Waals surface area contributed by atoms with E-state index in [-0.39, 0.29) is 32.0 Å². The fraction of sp³-hybridized carbons (Fsp3) is 0.822. The smallest absolute Gasteiger partial charge is 0.306 e. The number of esters is 2. The number of ether oxygens (including phenoxy) is 4. The van der Waals surface area contributed by atoms with Gasteiger partial charge in [-0.1, -0.05) is 134 Å². The largest absolute Gasteiger partial charge is 0.462 e. The highest BCUT2D eigenvalue weighted by atomic mass is 16.7. The summed E-state index contributed by atoms with van der Waals surface area (Å²) in [7, 11) is 0. The molecule has 1 fully saturated rings. The van der Waals surface area contributed by atoms with E-state index >= 15 is 0 Å². The zero-order chi connectivity index (χ0) is 40.2. The lowest BCUT2D eigenvalue weighted by molar-refractivity contribution is -0.305. The minimum atomic E-state index is -1.60. The Hall–Kier alpha value is -2.08. The van der Waals surface area contributed by atoms with Crippen molar-refractivity contribution in [3.63, 3.8) is 0 Å². The molecule has 6 atom stereocenters.